The van der Waals surface area contributed by atoms with Crippen LogP contribution >= 0.6 is 0 Å². The molecule has 0 aromatic carbocycles. The lowest BCUT2D eigenvalue weighted by atomic mass is 9.96. The zero-order valence-electron chi connectivity index (χ0n) is 8.03. The molecule has 68 valence electrons. The molecule has 1 amide bonds. The Hall–Kier alpha value is -1.38. The number of rotatable bonds is 0. The molecule has 3 nitrogen and oxygen atoms in total. The van der Waals surface area contributed by atoms with Crippen LogP contribution in [0.5, 0.6) is 0 Å². The molecule has 2 rings (SSSR count). The number of amides is 1. The Balaban J connectivity index is 2.68. The highest BCUT2D eigenvalue weighted by atomic mass is 16.2. The van der Waals surface area contributed by atoms with Crippen molar-refractivity contribution >= 4 is 5.91 Å². The molecule has 1 aromatic heterocycles. The van der Waals surface area contributed by atoms with Gasteiger partial charge in [-0.1, -0.05) is 0 Å². The Bertz CT molecular complexity index is 371. The first-order chi connectivity index (χ1) is 6.05. The van der Waals surface area contributed by atoms with Crippen molar-refractivity contribution in [1.29, 1.82) is 0 Å². The molecule has 0 saturated carbocycles. The van der Waals surface area contributed by atoms with Gasteiger partial charge in [-0.3, -0.25) is 9.78 Å². The summed E-state index contributed by atoms with van der Waals surface area (Å²) in [7, 11) is 1.82. The van der Waals surface area contributed by atoms with Crippen molar-refractivity contribution in [3.05, 3.63) is 29.6 Å². The summed E-state index contributed by atoms with van der Waals surface area (Å²) in [6.45, 7) is 4.05. The zero-order chi connectivity index (χ0) is 9.64. The number of nitrogens with zero attached hydrogens (tertiary/aromatic N) is 2. The third-order valence-corrected chi connectivity index (χ3v) is 2.85. The molecule has 0 spiro atoms. The van der Waals surface area contributed by atoms with Crippen LogP contribution in [-0.4, -0.2) is 22.8 Å². The van der Waals surface area contributed by atoms with Crippen molar-refractivity contribution in [3.63, 3.8) is 0 Å². The molecule has 1 aliphatic rings. The van der Waals surface area contributed by atoms with Crippen molar-refractivity contribution < 1.29 is 4.79 Å². The Morgan fingerprint density at radius 2 is 2.15 bits per heavy atom. The maximum absolute atomic E-state index is 11.7. The van der Waals surface area contributed by atoms with Crippen LogP contribution < -0.4 is 0 Å². The van der Waals surface area contributed by atoms with Crippen LogP contribution in [0.2, 0.25) is 0 Å². The average Bonchev–Trinajstić information content (AvgIpc) is 2.30. The highest BCUT2D eigenvalue weighted by molar-refractivity contribution is 5.99. The Labute approximate surface area is 77.4 Å². The molecule has 1 aromatic rings. The van der Waals surface area contributed by atoms with Crippen LogP contribution in [0.3, 0.4) is 0 Å². The summed E-state index contributed by atoms with van der Waals surface area (Å²) in [5, 5.41) is 0. The SMILES string of the molecule is CN1C(=O)c2ccncc2C1(C)C. The summed E-state index contributed by atoms with van der Waals surface area (Å²) in [6.07, 6.45) is 3.43. The fourth-order valence-corrected chi connectivity index (χ4v) is 1.68. The number of fused-ring (bicyclic) bond motifs is 1. The number of carbonyl (C=O) groups is 1. The van der Waals surface area contributed by atoms with Crippen LogP contribution in [-0.2, 0) is 5.54 Å². The maximum atomic E-state index is 11.7. The average molecular weight is 176 g/mol. The second kappa shape index (κ2) is 2.31. The van der Waals surface area contributed by atoms with Gasteiger partial charge in [0, 0.05) is 30.6 Å². The number of hydrogen-bond donors (Lipinski definition) is 0. The summed E-state index contributed by atoms with van der Waals surface area (Å²) < 4.78 is 0. The number of aromatic nitrogens is 1. The third-order valence-electron chi connectivity index (χ3n) is 2.85. The molecule has 0 N–H and O–H groups in total. The van der Waals surface area contributed by atoms with E-state index in [0.29, 0.717) is 0 Å². The van der Waals surface area contributed by atoms with Crippen molar-refractivity contribution in [2.75, 3.05) is 7.05 Å². The summed E-state index contributed by atoms with van der Waals surface area (Å²) >= 11 is 0. The predicted molar refractivity (Wildman–Crippen MR) is 49.4 cm³/mol. The molecule has 0 aliphatic carbocycles. The van der Waals surface area contributed by atoms with Gasteiger partial charge in [-0.25, -0.2) is 0 Å². The van der Waals surface area contributed by atoms with E-state index in [0.717, 1.165) is 11.1 Å². The van der Waals surface area contributed by atoms with Gasteiger partial charge in [0.15, 0.2) is 0 Å². The molecular weight excluding hydrogens is 164 g/mol. The molecule has 0 fully saturated rings. The minimum Gasteiger partial charge on any atom is -0.332 e. The van der Waals surface area contributed by atoms with E-state index in [9.17, 15) is 4.79 Å². The molecule has 0 atom stereocenters. The van der Waals surface area contributed by atoms with Gasteiger partial charge < -0.3 is 4.90 Å². The summed E-state index contributed by atoms with van der Waals surface area (Å²) in [4.78, 5) is 17.5. The minimum absolute atomic E-state index is 0.0856. The van der Waals surface area contributed by atoms with E-state index in [4.69, 9.17) is 0 Å². The molecule has 0 saturated heterocycles. The van der Waals surface area contributed by atoms with E-state index in [2.05, 4.69) is 4.98 Å². The van der Waals surface area contributed by atoms with Crippen molar-refractivity contribution in [2.45, 2.75) is 19.4 Å². The first-order valence-corrected chi connectivity index (χ1v) is 4.28. The van der Waals surface area contributed by atoms with Crippen LogP contribution in [0.1, 0.15) is 29.8 Å². The van der Waals surface area contributed by atoms with E-state index in [1.165, 1.54) is 0 Å². The number of carbonyl (C=O) groups excluding carboxylic acids is 1. The molecule has 0 radical (unpaired) electrons. The molecular formula is C10H12N2O. The van der Waals surface area contributed by atoms with Crippen molar-refractivity contribution in [2.24, 2.45) is 0 Å². The summed E-state index contributed by atoms with van der Waals surface area (Å²) in [5.74, 6) is 0.0856. The monoisotopic (exact) mass is 176 g/mol. The minimum atomic E-state index is -0.222. The maximum Gasteiger partial charge on any atom is 0.254 e. The number of pyridine rings is 1. The second-order valence-corrected chi connectivity index (χ2v) is 3.84. The van der Waals surface area contributed by atoms with Crippen LogP contribution in [0.25, 0.3) is 0 Å². The second-order valence-electron chi connectivity index (χ2n) is 3.84. The highest BCUT2D eigenvalue weighted by Crippen LogP contribution is 2.36. The standard InChI is InChI=1S/C10H12N2O/c1-10(2)8-6-11-5-4-7(8)9(13)12(10)3/h4-6H,1-3H3. The van der Waals surface area contributed by atoms with Gasteiger partial charge in [-0.2, -0.15) is 0 Å². The smallest absolute Gasteiger partial charge is 0.254 e. The van der Waals surface area contributed by atoms with Crippen LogP contribution in [0.15, 0.2) is 18.5 Å². The van der Waals surface area contributed by atoms with E-state index in [-0.39, 0.29) is 11.4 Å². The fourth-order valence-electron chi connectivity index (χ4n) is 1.68. The van der Waals surface area contributed by atoms with Gasteiger partial charge >= 0.3 is 0 Å². The normalized spacial score (nSPS) is 19.0. The lowest BCUT2D eigenvalue weighted by Gasteiger charge is -2.28. The summed E-state index contributed by atoms with van der Waals surface area (Å²) in [6, 6.07) is 1.78. The molecule has 2 heterocycles. The predicted octanol–water partition coefficient (Wildman–Crippen LogP) is 1.40. The van der Waals surface area contributed by atoms with Gasteiger partial charge in [0.25, 0.3) is 5.91 Å². The van der Waals surface area contributed by atoms with E-state index in [1.54, 1.807) is 23.4 Å². The lowest BCUT2D eigenvalue weighted by Crippen LogP contribution is -2.35. The molecule has 13 heavy (non-hydrogen) atoms. The topological polar surface area (TPSA) is 33.2 Å². The van der Waals surface area contributed by atoms with Gasteiger partial charge in [-0.05, 0) is 19.9 Å². The van der Waals surface area contributed by atoms with Gasteiger partial charge in [0.05, 0.1) is 5.54 Å². The highest BCUT2D eigenvalue weighted by Gasteiger charge is 2.40. The van der Waals surface area contributed by atoms with Gasteiger partial charge in [0.1, 0.15) is 0 Å². The lowest BCUT2D eigenvalue weighted by molar-refractivity contribution is 0.0691. The number of hydrogen-bond acceptors (Lipinski definition) is 2. The van der Waals surface area contributed by atoms with Crippen molar-refractivity contribution in [3.8, 4) is 0 Å². The fraction of sp³-hybridized carbons (Fsp3) is 0.400. The zero-order valence-corrected chi connectivity index (χ0v) is 8.03. The quantitative estimate of drug-likeness (QED) is 0.598. The molecule has 1 aliphatic heterocycles. The first kappa shape index (κ1) is 8.23. The summed E-state index contributed by atoms with van der Waals surface area (Å²) in [5.41, 5.74) is 1.57. The Morgan fingerprint density at radius 1 is 1.46 bits per heavy atom. The van der Waals surface area contributed by atoms with Gasteiger partial charge in [0.2, 0.25) is 0 Å². The van der Waals surface area contributed by atoms with E-state index >= 15 is 0 Å². The van der Waals surface area contributed by atoms with E-state index < -0.39 is 0 Å². The van der Waals surface area contributed by atoms with E-state index in [1.807, 2.05) is 20.9 Å². The third kappa shape index (κ3) is 0.899. The Kier molecular flexibility index (Phi) is 1.46. The van der Waals surface area contributed by atoms with Crippen LogP contribution in [0, 0.1) is 0 Å². The Morgan fingerprint density at radius 3 is 2.77 bits per heavy atom. The van der Waals surface area contributed by atoms with Gasteiger partial charge in [-0.15, -0.1) is 0 Å². The molecule has 0 unspecified atom stereocenters. The van der Waals surface area contributed by atoms with Crippen LogP contribution in [0.4, 0.5) is 0 Å². The largest absolute Gasteiger partial charge is 0.332 e. The first-order valence-electron chi connectivity index (χ1n) is 4.28. The van der Waals surface area contributed by atoms with Crippen molar-refractivity contribution in [1.82, 2.24) is 9.88 Å². The molecule has 0 bridgehead atoms. The molecule has 3 heteroatoms.